The van der Waals surface area contributed by atoms with Gasteiger partial charge in [0.15, 0.2) is 0 Å². The number of amides is 3. The predicted octanol–water partition coefficient (Wildman–Crippen LogP) is 2.10. The third-order valence-corrected chi connectivity index (χ3v) is 6.72. The summed E-state index contributed by atoms with van der Waals surface area (Å²) in [5.41, 5.74) is 8.11. The normalized spacial score (nSPS) is 19.3. The van der Waals surface area contributed by atoms with E-state index < -0.39 is 6.04 Å². The van der Waals surface area contributed by atoms with E-state index in [1.165, 1.54) is 0 Å². The Morgan fingerprint density at radius 2 is 1.89 bits per heavy atom. The fourth-order valence-electron chi connectivity index (χ4n) is 4.61. The van der Waals surface area contributed by atoms with Gasteiger partial charge in [-0.2, -0.15) is 0 Å². The van der Waals surface area contributed by atoms with Crippen molar-refractivity contribution in [2.75, 3.05) is 26.7 Å². The summed E-state index contributed by atoms with van der Waals surface area (Å²) in [6.45, 7) is 3.32. The molecule has 2 fully saturated rings. The first-order valence-corrected chi connectivity index (χ1v) is 12.2. The number of nitrogens with two attached hydrogens (primary N) is 1. The minimum atomic E-state index is -0.667. The highest BCUT2D eigenvalue weighted by Crippen LogP contribution is 2.35. The van der Waals surface area contributed by atoms with Crippen LogP contribution in [-0.2, 0) is 16.1 Å². The van der Waals surface area contributed by atoms with Gasteiger partial charge in [0, 0.05) is 37.7 Å². The molecule has 1 aliphatic heterocycles. The van der Waals surface area contributed by atoms with Crippen LogP contribution in [-0.4, -0.2) is 66.3 Å². The average Bonchev–Trinajstić information content (AvgIpc) is 3.64. The Kier molecular flexibility index (Phi) is 7.70. The van der Waals surface area contributed by atoms with Crippen molar-refractivity contribution in [2.45, 2.75) is 44.8 Å². The Balaban J connectivity index is 1.61. The highest BCUT2D eigenvalue weighted by Gasteiger charge is 2.45. The fraction of sp³-hybridized carbons (Fsp3) is 0.444. The van der Waals surface area contributed by atoms with Crippen LogP contribution < -0.4 is 15.8 Å². The highest BCUT2D eigenvalue weighted by molar-refractivity contribution is 5.98. The molecule has 8 nitrogen and oxygen atoms in total. The van der Waals surface area contributed by atoms with Crippen LogP contribution in [0.3, 0.4) is 0 Å². The second kappa shape index (κ2) is 10.9. The maximum atomic E-state index is 13.5. The van der Waals surface area contributed by atoms with Gasteiger partial charge >= 0.3 is 0 Å². The van der Waals surface area contributed by atoms with Crippen LogP contribution in [0.4, 0.5) is 0 Å². The summed E-state index contributed by atoms with van der Waals surface area (Å²) in [4.78, 5) is 43.4. The molecule has 0 spiro atoms. The van der Waals surface area contributed by atoms with Crippen molar-refractivity contribution in [1.29, 1.82) is 0 Å². The number of carbonyl (C=O) groups is 3. The molecule has 2 aromatic rings. The molecular weight excluding hydrogens is 444 g/mol. The number of nitrogens with one attached hydrogen (secondary N) is 1. The van der Waals surface area contributed by atoms with E-state index in [0.717, 1.165) is 29.7 Å². The van der Waals surface area contributed by atoms with Crippen molar-refractivity contribution in [3.05, 3.63) is 65.2 Å². The third kappa shape index (κ3) is 5.82. The van der Waals surface area contributed by atoms with Gasteiger partial charge in [0.1, 0.15) is 11.8 Å². The molecule has 3 amide bonds. The molecule has 8 heteroatoms. The summed E-state index contributed by atoms with van der Waals surface area (Å²) in [6, 6.07) is 14.1. The molecule has 4 rings (SSSR count). The Bertz CT molecular complexity index is 1070. The molecule has 1 saturated carbocycles. The molecule has 3 N–H and O–H groups in total. The molecule has 1 heterocycles. The van der Waals surface area contributed by atoms with E-state index in [2.05, 4.69) is 5.32 Å². The molecule has 2 aliphatic rings. The van der Waals surface area contributed by atoms with Gasteiger partial charge in [-0.3, -0.25) is 14.4 Å². The fourth-order valence-corrected chi connectivity index (χ4v) is 4.61. The minimum Gasteiger partial charge on any atom is -0.497 e. The SMILES string of the molecule is COc1cccc(CN(C(=O)C2CC2)C2CC(C(=O)NCCN)N(C(=O)c3ccc(C)cc3)C2)c1. The number of rotatable bonds is 9. The van der Waals surface area contributed by atoms with Crippen LogP contribution in [0.25, 0.3) is 0 Å². The smallest absolute Gasteiger partial charge is 0.254 e. The zero-order valence-electron chi connectivity index (χ0n) is 20.4. The van der Waals surface area contributed by atoms with Crippen LogP contribution in [0.5, 0.6) is 5.75 Å². The molecule has 0 aromatic heterocycles. The van der Waals surface area contributed by atoms with Gasteiger partial charge in [-0.25, -0.2) is 0 Å². The topological polar surface area (TPSA) is 105 Å². The van der Waals surface area contributed by atoms with Gasteiger partial charge in [-0.05, 0) is 56.0 Å². The summed E-state index contributed by atoms with van der Waals surface area (Å²) in [5.74, 6) is 0.387. The standard InChI is InChI=1S/C27H34N4O4/c1-18-6-8-20(9-7-18)27(34)31-17-22(15-24(31)25(32)29-13-12-28)30(26(33)21-10-11-21)16-19-4-3-5-23(14-19)35-2/h3-9,14,21-22,24H,10-13,15-17,28H2,1-2H3,(H,29,32). The van der Waals surface area contributed by atoms with Crippen molar-refractivity contribution in [1.82, 2.24) is 15.1 Å². The minimum absolute atomic E-state index is 0.0203. The lowest BCUT2D eigenvalue weighted by Crippen LogP contribution is -2.47. The molecule has 0 bridgehead atoms. The Morgan fingerprint density at radius 3 is 2.54 bits per heavy atom. The molecule has 1 aliphatic carbocycles. The zero-order chi connectivity index (χ0) is 24.9. The summed E-state index contributed by atoms with van der Waals surface area (Å²) in [6.07, 6.45) is 2.15. The number of hydrogen-bond donors (Lipinski definition) is 2. The van der Waals surface area contributed by atoms with E-state index in [4.69, 9.17) is 10.5 Å². The number of carbonyl (C=O) groups excluding carboxylic acids is 3. The van der Waals surface area contributed by atoms with Crippen LogP contribution in [0, 0.1) is 12.8 Å². The number of methoxy groups -OCH3 is 1. The lowest BCUT2D eigenvalue weighted by atomic mass is 10.1. The number of aryl methyl sites for hydroxylation is 1. The van der Waals surface area contributed by atoms with Crippen molar-refractivity contribution in [3.63, 3.8) is 0 Å². The van der Waals surface area contributed by atoms with Gasteiger partial charge in [-0.1, -0.05) is 29.8 Å². The average molecular weight is 479 g/mol. The van der Waals surface area contributed by atoms with E-state index >= 15 is 0 Å². The van der Waals surface area contributed by atoms with Gasteiger partial charge < -0.3 is 25.6 Å². The highest BCUT2D eigenvalue weighted by atomic mass is 16.5. The molecule has 2 aromatic carbocycles. The van der Waals surface area contributed by atoms with Crippen molar-refractivity contribution in [3.8, 4) is 5.75 Å². The summed E-state index contributed by atoms with van der Waals surface area (Å²) >= 11 is 0. The first-order valence-electron chi connectivity index (χ1n) is 12.2. The molecule has 0 radical (unpaired) electrons. The number of hydrogen-bond acceptors (Lipinski definition) is 5. The molecule has 1 saturated heterocycles. The molecular formula is C27H34N4O4. The lowest BCUT2D eigenvalue weighted by molar-refractivity contribution is -0.135. The number of ether oxygens (including phenoxy) is 1. The molecule has 2 unspecified atom stereocenters. The van der Waals surface area contributed by atoms with Crippen LogP contribution in [0.2, 0.25) is 0 Å². The predicted molar refractivity (Wildman–Crippen MR) is 133 cm³/mol. The quantitative estimate of drug-likeness (QED) is 0.574. The van der Waals surface area contributed by atoms with Crippen molar-refractivity contribution in [2.24, 2.45) is 11.7 Å². The monoisotopic (exact) mass is 478 g/mol. The third-order valence-electron chi connectivity index (χ3n) is 6.72. The van der Waals surface area contributed by atoms with E-state index in [1.807, 2.05) is 48.2 Å². The second-order valence-corrected chi connectivity index (χ2v) is 9.40. The Morgan fingerprint density at radius 1 is 1.14 bits per heavy atom. The maximum absolute atomic E-state index is 13.5. The van der Waals surface area contributed by atoms with Gasteiger partial charge in [0.25, 0.3) is 5.91 Å². The van der Waals surface area contributed by atoms with E-state index in [0.29, 0.717) is 38.2 Å². The second-order valence-electron chi connectivity index (χ2n) is 9.40. The van der Waals surface area contributed by atoms with Gasteiger partial charge in [0.2, 0.25) is 11.8 Å². The van der Waals surface area contributed by atoms with Crippen LogP contribution in [0.1, 0.15) is 40.7 Å². The van der Waals surface area contributed by atoms with Crippen LogP contribution in [0.15, 0.2) is 48.5 Å². The summed E-state index contributed by atoms with van der Waals surface area (Å²) < 4.78 is 5.35. The first kappa shape index (κ1) is 24.7. The summed E-state index contributed by atoms with van der Waals surface area (Å²) in [7, 11) is 1.61. The van der Waals surface area contributed by atoms with E-state index in [-0.39, 0.29) is 29.7 Å². The zero-order valence-corrected chi connectivity index (χ0v) is 20.4. The van der Waals surface area contributed by atoms with Crippen molar-refractivity contribution < 1.29 is 19.1 Å². The molecule has 186 valence electrons. The van der Waals surface area contributed by atoms with E-state index in [9.17, 15) is 14.4 Å². The number of likely N-dealkylation sites (tertiary alicyclic amines) is 1. The van der Waals surface area contributed by atoms with E-state index in [1.54, 1.807) is 24.1 Å². The maximum Gasteiger partial charge on any atom is 0.254 e. The summed E-state index contributed by atoms with van der Waals surface area (Å²) in [5, 5.41) is 2.83. The van der Waals surface area contributed by atoms with Gasteiger partial charge in [0.05, 0.1) is 13.2 Å². The van der Waals surface area contributed by atoms with Crippen LogP contribution >= 0.6 is 0 Å². The largest absolute Gasteiger partial charge is 0.497 e. The van der Waals surface area contributed by atoms with Crippen molar-refractivity contribution >= 4 is 17.7 Å². The Labute approximate surface area is 206 Å². The molecule has 2 atom stereocenters. The Hall–Kier alpha value is -3.39. The first-order chi connectivity index (χ1) is 16.9. The van der Waals surface area contributed by atoms with Gasteiger partial charge in [-0.15, -0.1) is 0 Å². The molecule has 35 heavy (non-hydrogen) atoms. The lowest BCUT2D eigenvalue weighted by Gasteiger charge is -2.29. The number of nitrogens with zero attached hydrogens (tertiary/aromatic N) is 2. The number of benzene rings is 2.